The minimum Gasteiger partial charge on any atom is -0.496 e. The van der Waals surface area contributed by atoms with Gasteiger partial charge in [0.15, 0.2) is 0 Å². The maximum atomic E-state index is 13.3. The number of halogens is 2. The van der Waals surface area contributed by atoms with Crippen molar-refractivity contribution >= 4 is 46.1 Å². The van der Waals surface area contributed by atoms with Crippen molar-refractivity contribution in [2.45, 2.75) is 38.4 Å². The molecule has 5 N–H and O–H groups in total. The van der Waals surface area contributed by atoms with Crippen LogP contribution in [0.5, 0.6) is 5.75 Å². The number of hydrogen-bond donors (Lipinski definition) is 4. The summed E-state index contributed by atoms with van der Waals surface area (Å²) in [4.78, 5) is 51.7. The summed E-state index contributed by atoms with van der Waals surface area (Å²) in [5, 5.41) is 3.89. The SMILES string of the molecule is COc1cccc2[nH]c(C(=O)N[C@@H](CC(C)C)C(=O)NN(CCC(N)=O)C(=O)[C@@H](F)Cl)cc12. The topological polar surface area (TPSA) is 147 Å². The molecular weight excluding hydrogens is 457 g/mol. The van der Waals surface area contributed by atoms with E-state index in [0.29, 0.717) is 21.7 Å². The van der Waals surface area contributed by atoms with E-state index >= 15 is 0 Å². The summed E-state index contributed by atoms with van der Waals surface area (Å²) < 4.78 is 18.6. The number of carbonyl (C=O) groups is 4. The van der Waals surface area contributed by atoms with Crippen molar-refractivity contribution in [3.63, 3.8) is 0 Å². The lowest BCUT2D eigenvalue weighted by atomic mass is 10.0. The number of aromatic amines is 1. The Hall–Kier alpha value is -3.34. The molecule has 10 nitrogen and oxygen atoms in total. The first kappa shape index (κ1) is 25.9. The van der Waals surface area contributed by atoms with Crippen LogP contribution in [0.25, 0.3) is 10.9 Å². The molecule has 0 bridgehead atoms. The number of hydrazine groups is 1. The number of nitrogens with zero attached hydrogens (tertiary/aromatic N) is 1. The summed E-state index contributed by atoms with van der Waals surface area (Å²) in [6.07, 6.45) is -0.105. The summed E-state index contributed by atoms with van der Waals surface area (Å²) in [6.45, 7) is 3.30. The number of primary amides is 1. The van der Waals surface area contributed by atoms with E-state index in [1.165, 1.54) is 7.11 Å². The van der Waals surface area contributed by atoms with E-state index in [0.717, 1.165) is 0 Å². The predicted molar refractivity (Wildman–Crippen MR) is 120 cm³/mol. The van der Waals surface area contributed by atoms with Gasteiger partial charge in [-0.2, -0.15) is 0 Å². The van der Waals surface area contributed by atoms with Crippen LogP contribution < -0.4 is 21.2 Å². The Morgan fingerprint density at radius 2 is 1.97 bits per heavy atom. The molecule has 0 fully saturated rings. The van der Waals surface area contributed by atoms with Gasteiger partial charge in [0.05, 0.1) is 13.7 Å². The molecule has 0 spiro atoms. The average molecular weight is 484 g/mol. The van der Waals surface area contributed by atoms with E-state index in [4.69, 9.17) is 22.1 Å². The lowest BCUT2D eigenvalue weighted by Crippen LogP contribution is -2.56. The number of H-pyrrole nitrogens is 1. The molecule has 2 aromatic rings. The Morgan fingerprint density at radius 3 is 2.55 bits per heavy atom. The molecule has 2 rings (SSSR count). The van der Waals surface area contributed by atoms with Crippen molar-refractivity contribution in [2.75, 3.05) is 13.7 Å². The second-order valence-electron chi connectivity index (χ2n) is 7.74. The van der Waals surface area contributed by atoms with Crippen molar-refractivity contribution in [2.24, 2.45) is 11.7 Å². The fraction of sp³-hybridized carbons (Fsp3) is 0.429. The number of fused-ring (bicyclic) bond motifs is 1. The smallest absolute Gasteiger partial charge is 0.291 e. The van der Waals surface area contributed by atoms with Gasteiger partial charge in [-0.25, -0.2) is 9.40 Å². The van der Waals surface area contributed by atoms with Crippen LogP contribution in [-0.2, 0) is 14.4 Å². The molecule has 0 radical (unpaired) electrons. The van der Waals surface area contributed by atoms with Gasteiger partial charge in [0, 0.05) is 17.3 Å². The quantitative estimate of drug-likeness (QED) is 0.299. The third-order valence-electron chi connectivity index (χ3n) is 4.70. The first-order valence-electron chi connectivity index (χ1n) is 10.2. The molecule has 1 heterocycles. The Bertz CT molecular complexity index is 1030. The van der Waals surface area contributed by atoms with Gasteiger partial charge in [-0.15, -0.1) is 0 Å². The predicted octanol–water partition coefficient (Wildman–Crippen LogP) is 1.59. The lowest BCUT2D eigenvalue weighted by molar-refractivity contribution is -0.144. The number of carbonyl (C=O) groups excluding carboxylic acids is 4. The maximum absolute atomic E-state index is 13.3. The van der Waals surface area contributed by atoms with Gasteiger partial charge in [0.25, 0.3) is 23.4 Å². The number of nitrogens with two attached hydrogens (primary N) is 1. The molecule has 0 saturated carbocycles. The third kappa shape index (κ3) is 7.07. The first-order valence-corrected chi connectivity index (χ1v) is 10.6. The molecule has 0 aliphatic heterocycles. The maximum Gasteiger partial charge on any atom is 0.291 e. The number of hydrogen-bond acceptors (Lipinski definition) is 5. The highest BCUT2D eigenvalue weighted by Crippen LogP contribution is 2.26. The van der Waals surface area contributed by atoms with E-state index < -0.39 is 35.3 Å². The summed E-state index contributed by atoms with van der Waals surface area (Å²) in [6, 6.07) is 5.82. The second kappa shape index (κ2) is 11.5. The molecule has 0 aliphatic rings. The number of aromatic nitrogens is 1. The summed E-state index contributed by atoms with van der Waals surface area (Å²) >= 11 is 5.20. The minimum absolute atomic E-state index is 0.0134. The monoisotopic (exact) mass is 483 g/mol. The van der Waals surface area contributed by atoms with Crippen molar-refractivity contribution in [1.82, 2.24) is 20.7 Å². The molecule has 1 aromatic carbocycles. The number of rotatable bonds is 10. The molecule has 0 saturated heterocycles. The molecule has 12 heteroatoms. The van der Waals surface area contributed by atoms with Crippen LogP contribution in [0.3, 0.4) is 0 Å². The highest BCUT2D eigenvalue weighted by molar-refractivity contribution is 6.29. The zero-order valence-electron chi connectivity index (χ0n) is 18.5. The second-order valence-corrected chi connectivity index (χ2v) is 8.13. The number of benzene rings is 1. The Labute approximate surface area is 194 Å². The van der Waals surface area contributed by atoms with Crippen LogP contribution in [0.15, 0.2) is 24.3 Å². The van der Waals surface area contributed by atoms with Gasteiger partial charge >= 0.3 is 0 Å². The molecule has 2 atom stereocenters. The van der Waals surface area contributed by atoms with Gasteiger partial charge in [0.1, 0.15) is 17.5 Å². The molecular formula is C21H27ClFN5O5. The van der Waals surface area contributed by atoms with E-state index in [9.17, 15) is 23.6 Å². The van der Waals surface area contributed by atoms with Crippen molar-refractivity contribution < 1.29 is 28.3 Å². The van der Waals surface area contributed by atoms with E-state index in [1.54, 1.807) is 24.3 Å². The standard InChI is InChI=1S/C21H27ClFN5O5/c1-11(2)9-14(20(31)27-28(8-7-17(24)29)21(32)18(22)23)26-19(30)15-10-12-13(25-15)5-4-6-16(12)33-3/h4-6,10-11,14,18,25H,7-9H2,1-3H3,(H2,24,29)(H,26,30)(H,27,31)/t14-,18+/m0/s1. The van der Waals surface area contributed by atoms with Crippen molar-refractivity contribution in [3.8, 4) is 5.75 Å². The van der Waals surface area contributed by atoms with Crippen LogP contribution in [0.4, 0.5) is 4.39 Å². The normalized spacial score (nSPS) is 12.8. The summed E-state index contributed by atoms with van der Waals surface area (Å²) in [5.74, 6) is -2.80. The van der Waals surface area contributed by atoms with Crippen LogP contribution in [0.2, 0.25) is 0 Å². The van der Waals surface area contributed by atoms with Crippen LogP contribution in [0.1, 0.15) is 37.2 Å². The molecule has 33 heavy (non-hydrogen) atoms. The molecule has 180 valence electrons. The van der Waals surface area contributed by atoms with Gasteiger partial charge in [0.2, 0.25) is 5.91 Å². The fourth-order valence-electron chi connectivity index (χ4n) is 3.14. The van der Waals surface area contributed by atoms with Crippen LogP contribution in [0, 0.1) is 5.92 Å². The third-order valence-corrected chi connectivity index (χ3v) is 4.88. The Balaban J connectivity index is 2.21. The van der Waals surface area contributed by atoms with Gasteiger partial charge in [-0.05, 0) is 30.5 Å². The van der Waals surface area contributed by atoms with Crippen molar-refractivity contribution in [3.05, 3.63) is 30.0 Å². The number of nitrogens with one attached hydrogen (secondary N) is 3. The number of methoxy groups -OCH3 is 1. The largest absolute Gasteiger partial charge is 0.496 e. The lowest BCUT2D eigenvalue weighted by Gasteiger charge is -2.27. The zero-order chi connectivity index (χ0) is 24.7. The van der Waals surface area contributed by atoms with Gasteiger partial charge < -0.3 is 20.8 Å². The van der Waals surface area contributed by atoms with E-state index in [2.05, 4.69) is 15.7 Å². The van der Waals surface area contributed by atoms with E-state index in [-0.39, 0.29) is 31.0 Å². The first-order chi connectivity index (χ1) is 15.5. The highest BCUT2D eigenvalue weighted by atomic mass is 35.5. The number of amides is 4. The highest BCUT2D eigenvalue weighted by Gasteiger charge is 2.29. The Kier molecular flexibility index (Phi) is 9.03. The minimum atomic E-state index is -2.43. The Morgan fingerprint density at radius 1 is 1.27 bits per heavy atom. The number of alkyl halides is 2. The zero-order valence-corrected chi connectivity index (χ0v) is 19.2. The van der Waals surface area contributed by atoms with Crippen molar-refractivity contribution in [1.29, 1.82) is 0 Å². The summed E-state index contributed by atoms with van der Waals surface area (Å²) in [5.41, 5.74) is 5.73. The van der Waals surface area contributed by atoms with E-state index in [1.807, 2.05) is 13.8 Å². The molecule has 1 aromatic heterocycles. The molecule has 0 unspecified atom stereocenters. The average Bonchev–Trinajstić information content (AvgIpc) is 3.19. The molecule has 4 amide bonds. The van der Waals surface area contributed by atoms with Crippen LogP contribution >= 0.6 is 11.6 Å². The molecule has 0 aliphatic carbocycles. The fourth-order valence-corrected chi connectivity index (χ4v) is 3.26. The van der Waals surface area contributed by atoms with Gasteiger partial charge in [-0.1, -0.05) is 31.5 Å². The van der Waals surface area contributed by atoms with Gasteiger partial charge in [-0.3, -0.25) is 24.6 Å². The summed E-state index contributed by atoms with van der Waals surface area (Å²) in [7, 11) is 1.51. The van der Waals surface area contributed by atoms with Crippen LogP contribution in [-0.4, -0.2) is 58.9 Å². The number of ether oxygens (including phenoxy) is 1.